The molecule has 0 radical (unpaired) electrons. The van der Waals surface area contributed by atoms with Gasteiger partial charge in [-0.25, -0.2) is 0 Å². The Kier molecular flexibility index (Phi) is 4.78. The SMILES string of the molecule is COc1ccccc1OCC(=O)Nc1sccc1C(N)=O. The number of primary amides is 1. The molecule has 1 aromatic heterocycles. The summed E-state index contributed by atoms with van der Waals surface area (Å²) in [4.78, 5) is 23.0. The Morgan fingerprint density at radius 3 is 2.62 bits per heavy atom. The second kappa shape index (κ2) is 6.76. The number of nitrogens with two attached hydrogens (primary N) is 1. The number of methoxy groups -OCH3 is 1. The third-order valence-electron chi connectivity index (χ3n) is 2.61. The van der Waals surface area contributed by atoms with Crippen molar-refractivity contribution in [2.45, 2.75) is 0 Å². The summed E-state index contributed by atoms with van der Waals surface area (Å²) in [5.41, 5.74) is 5.49. The minimum absolute atomic E-state index is 0.198. The van der Waals surface area contributed by atoms with E-state index in [0.717, 1.165) is 0 Å². The van der Waals surface area contributed by atoms with Crippen molar-refractivity contribution in [3.63, 3.8) is 0 Å². The van der Waals surface area contributed by atoms with Crippen molar-refractivity contribution in [2.75, 3.05) is 19.0 Å². The minimum atomic E-state index is -0.586. The summed E-state index contributed by atoms with van der Waals surface area (Å²) in [6, 6.07) is 8.57. The van der Waals surface area contributed by atoms with E-state index in [1.54, 1.807) is 35.7 Å². The average Bonchev–Trinajstić information content (AvgIpc) is 2.93. The fourth-order valence-electron chi connectivity index (χ4n) is 1.64. The molecule has 0 saturated carbocycles. The van der Waals surface area contributed by atoms with E-state index in [-0.39, 0.29) is 18.1 Å². The Morgan fingerprint density at radius 1 is 1.24 bits per heavy atom. The fourth-order valence-corrected chi connectivity index (χ4v) is 2.45. The third kappa shape index (κ3) is 3.73. The van der Waals surface area contributed by atoms with Crippen LogP contribution in [0.3, 0.4) is 0 Å². The number of ether oxygens (including phenoxy) is 2. The van der Waals surface area contributed by atoms with Crippen molar-refractivity contribution in [3.8, 4) is 11.5 Å². The summed E-state index contributed by atoms with van der Waals surface area (Å²) in [5, 5.41) is 4.68. The lowest BCUT2D eigenvalue weighted by atomic mass is 10.3. The molecule has 0 spiro atoms. The summed E-state index contributed by atoms with van der Waals surface area (Å²) in [6.45, 7) is -0.198. The lowest BCUT2D eigenvalue weighted by Crippen LogP contribution is -2.21. The first-order chi connectivity index (χ1) is 10.1. The standard InChI is InChI=1S/C14H14N2O4S/c1-19-10-4-2-3-5-11(10)20-8-12(17)16-14-9(13(15)18)6-7-21-14/h2-7H,8H2,1H3,(H2,15,18)(H,16,17). The number of carbonyl (C=O) groups excluding carboxylic acids is 2. The second-order valence-electron chi connectivity index (χ2n) is 4.02. The average molecular weight is 306 g/mol. The monoisotopic (exact) mass is 306 g/mol. The van der Waals surface area contributed by atoms with Crippen LogP contribution in [-0.4, -0.2) is 25.5 Å². The number of amides is 2. The Hall–Kier alpha value is -2.54. The van der Waals surface area contributed by atoms with E-state index in [4.69, 9.17) is 15.2 Å². The number of thiophene rings is 1. The molecule has 6 nitrogen and oxygen atoms in total. The minimum Gasteiger partial charge on any atom is -0.493 e. The maximum absolute atomic E-state index is 11.8. The Balaban J connectivity index is 1.96. The molecule has 2 aromatic rings. The van der Waals surface area contributed by atoms with Gasteiger partial charge in [0, 0.05) is 0 Å². The topological polar surface area (TPSA) is 90.7 Å². The number of anilines is 1. The zero-order chi connectivity index (χ0) is 15.2. The van der Waals surface area contributed by atoms with E-state index in [0.29, 0.717) is 16.5 Å². The zero-order valence-electron chi connectivity index (χ0n) is 11.3. The lowest BCUT2D eigenvalue weighted by molar-refractivity contribution is -0.118. The predicted octanol–water partition coefficient (Wildman–Crippen LogP) is 1.87. The van der Waals surface area contributed by atoms with Crippen molar-refractivity contribution in [1.82, 2.24) is 0 Å². The maximum atomic E-state index is 11.8. The van der Waals surface area contributed by atoms with Crippen LogP contribution in [0.15, 0.2) is 35.7 Å². The van der Waals surface area contributed by atoms with Gasteiger partial charge in [0.15, 0.2) is 18.1 Å². The van der Waals surface area contributed by atoms with Gasteiger partial charge in [0.1, 0.15) is 5.00 Å². The summed E-state index contributed by atoms with van der Waals surface area (Å²) < 4.78 is 10.5. The highest BCUT2D eigenvalue weighted by Crippen LogP contribution is 2.26. The van der Waals surface area contributed by atoms with Gasteiger partial charge in [-0.15, -0.1) is 11.3 Å². The first-order valence-corrected chi connectivity index (χ1v) is 6.92. The molecular formula is C14H14N2O4S. The van der Waals surface area contributed by atoms with E-state index in [1.165, 1.54) is 18.4 Å². The van der Waals surface area contributed by atoms with Gasteiger partial charge in [0.25, 0.3) is 11.8 Å². The predicted molar refractivity (Wildman–Crippen MR) is 80.0 cm³/mol. The molecule has 0 aliphatic rings. The highest BCUT2D eigenvalue weighted by Gasteiger charge is 2.13. The van der Waals surface area contributed by atoms with Crippen LogP contribution in [0, 0.1) is 0 Å². The first kappa shape index (κ1) is 14.9. The second-order valence-corrected chi connectivity index (χ2v) is 4.93. The van der Waals surface area contributed by atoms with E-state index < -0.39 is 5.91 Å². The summed E-state index contributed by atoms with van der Waals surface area (Å²) >= 11 is 1.22. The molecule has 0 saturated heterocycles. The molecule has 0 fully saturated rings. The third-order valence-corrected chi connectivity index (χ3v) is 3.44. The van der Waals surface area contributed by atoms with Gasteiger partial charge < -0.3 is 20.5 Å². The van der Waals surface area contributed by atoms with Crippen molar-refractivity contribution in [2.24, 2.45) is 5.73 Å². The summed E-state index contributed by atoms with van der Waals surface area (Å²) in [7, 11) is 1.52. The first-order valence-electron chi connectivity index (χ1n) is 6.04. The molecule has 21 heavy (non-hydrogen) atoms. The molecule has 0 bridgehead atoms. The molecule has 0 unspecified atom stereocenters. The molecular weight excluding hydrogens is 292 g/mol. The van der Waals surface area contributed by atoms with Crippen molar-refractivity contribution >= 4 is 28.2 Å². The van der Waals surface area contributed by atoms with Crippen LogP contribution in [0.25, 0.3) is 0 Å². The van der Waals surface area contributed by atoms with Gasteiger partial charge in [-0.3, -0.25) is 9.59 Å². The number of benzene rings is 1. The number of para-hydroxylation sites is 2. The normalized spacial score (nSPS) is 9.95. The van der Waals surface area contributed by atoms with Crippen molar-refractivity contribution < 1.29 is 19.1 Å². The molecule has 2 rings (SSSR count). The van der Waals surface area contributed by atoms with Crippen molar-refractivity contribution in [1.29, 1.82) is 0 Å². The Bertz CT molecular complexity index is 654. The zero-order valence-corrected chi connectivity index (χ0v) is 12.1. The van der Waals surface area contributed by atoms with Gasteiger partial charge in [0.05, 0.1) is 12.7 Å². The summed E-state index contributed by atoms with van der Waals surface area (Å²) in [6.07, 6.45) is 0. The van der Waals surface area contributed by atoms with Gasteiger partial charge in [-0.1, -0.05) is 12.1 Å². The molecule has 0 aliphatic carbocycles. The molecule has 0 atom stereocenters. The molecule has 3 N–H and O–H groups in total. The van der Waals surface area contributed by atoms with Crippen molar-refractivity contribution in [3.05, 3.63) is 41.3 Å². The smallest absolute Gasteiger partial charge is 0.262 e. The van der Waals surface area contributed by atoms with Gasteiger partial charge >= 0.3 is 0 Å². The van der Waals surface area contributed by atoms with Gasteiger partial charge in [-0.05, 0) is 23.6 Å². The molecule has 2 amide bonds. The van der Waals surface area contributed by atoms with E-state index in [1.807, 2.05) is 0 Å². The van der Waals surface area contributed by atoms with Crippen LogP contribution in [0.4, 0.5) is 5.00 Å². The molecule has 1 aromatic carbocycles. The van der Waals surface area contributed by atoms with E-state index >= 15 is 0 Å². The highest BCUT2D eigenvalue weighted by atomic mass is 32.1. The number of hydrogen-bond donors (Lipinski definition) is 2. The highest BCUT2D eigenvalue weighted by molar-refractivity contribution is 7.14. The van der Waals surface area contributed by atoms with Crippen LogP contribution in [-0.2, 0) is 4.79 Å². The maximum Gasteiger partial charge on any atom is 0.262 e. The van der Waals surface area contributed by atoms with E-state index in [2.05, 4.69) is 5.32 Å². The van der Waals surface area contributed by atoms with Crippen LogP contribution in [0.1, 0.15) is 10.4 Å². The lowest BCUT2D eigenvalue weighted by Gasteiger charge is -2.10. The molecule has 1 heterocycles. The van der Waals surface area contributed by atoms with E-state index in [9.17, 15) is 9.59 Å². The Labute approximate surface area is 125 Å². The number of hydrogen-bond acceptors (Lipinski definition) is 5. The van der Waals surface area contributed by atoms with Gasteiger partial charge in [-0.2, -0.15) is 0 Å². The number of nitrogens with one attached hydrogen (secondary N) is 1. The number of rotatable bonds is 6. The quantitative estimate of drug-likeness (QED) is 0.852. The fraction of sp³-hybridized carbons (Fsp3) is 0.143. The molecule has 7 heteroatoms. The molecule has 110 valence electrons. The van der Waals surface area contributed by atoms with Crippen LogP contribution < -0.4 is 20.5 Å². The summed E-state index contributed by atoms with van der Waals surface area (Å²) in [5.74, 6) is 0.0405. The Morgan fingerprint density at radius 2 is 1.95 bits per heavy atom. The van der Waals surface area contributed by atoms with Crippen LogP contribution >= 0.6 is 11.3 Å². The number of carbonyl (C=O) groups is 2. The van der Waals surface area contributed by atoms with Crippen LogP contribution in [0.5, 0.6) is 11.5 Å². The van der Waals surface area contributed by atoms with Crippen LogP contribution in [0.2, 0.25) is 0 Å². The van der Waals surface area contributed by atoms with Gasteiger partial charge in [0.2, 0.25) is 0 Å². The molecule has 0 aliphatic heterocycles. The largest absolute Gasteiger partial charge is 0.493 e.